The number of azide groups is 1. The first-order valence-corrected chi connectivity index (χ1v) is 10.2. The largest absolute Gasteiger partial charge is 0.395 e. The first-order valence-electron chi connectivity index (χ1n) is 10.2. The van der Waals surface area contributed by atoms with Crippen LogP contribution in [0.1, 0.15) is 5.69 Å². The lowest BCUT2D eigenvalue weighted by molar-refractivity contribution is -0.383. The van der Waals surface area contributed by atoms with Crippen LogP contribution in [0.3, 0.4) is 0 Å². The van der Waals surface area contributed by atoms with Crippen LogP contribution in [0.2, 0.25) is 0 Å². The first kappa shape index (κ1) is 24.3. The molecule has 33 heavy (non-hydrogen) atoms. The number of nitrogens with one attached hydrogen (secondary N) is 1. The van der Waals surface area contributed by atoms with Crippen molar-refractivity contribution in [1.29, 1.82) is 0 Å². The number of rotatable bonds is 10. The Kier molecular flexibility index (Phi) is 8.11. The monoisotopic (exact) mass is 463 g/mol. The van der Waals surface area contributed by atoms with Crippen LogP contribution in [0.4, 0.5) is 17.1 Å². The molecule has 0 saturated carbocycles. The third kappa shape index (κ3) is 5.92. The Morgan fingerprint density at radius 1 is 1.30 bits per heavy atom. The summed E-state index contributed by atoms with van der Waals surface area (Å²) in [4.78, 5) is 15.0. The highest BCUT2D eigenvalue weighted by molar-refractivity contribution is 5.66. The Bertz CT molecular complexity index is 1010. The van der Waals surface area contributed by atoms with E-state index in [1.807, 2.05) is 0 Å². The summed E-state index contributed by atoms with van der Waals surface area (Å²) in [7, 11) is 0. The SMILES string of the molecule is [N-]=[N+]=Nc1ccc(NCCn2cc(CCN3C[C@H](O)[C@@H](O)[C@H](O)[C@H]3CO)nn2)c([N+](=O)[O-])c1. The fraction of sp³-hybridized carbons (Fsp3) is 0.556. The molecule has 2 aromatic rings. The van der Waals surface area contributed by atoms with Crippen molar-refractivity contribution < 1.29 is 25.3 Å². The number of nitro groups is 1. The molecule has 0 aliphatic carbocycles. The van der Waals surface area contributed by atoms with Crippen molar-refractivity contribution >= 4 is 17.1 Å². The van der Waals surface area contributed by atoms with E-state index in [1.54, 1.807) is 15.8 Å². The van der Waals surface area contributed by atoms with E-state index in [9.17, 15) is 30.5 Å². The number of benzene rings is 1. The molecule has 4 atom stereocenters. The predicted octanol–water partition coefficient (Wildman–Crippen LogP) is -0.458. The van der Waals surface area contributed by atoms with Gasteiger partial charge >= 0.3 is 0 Å². The standard InChI is InChI=1S/C18H25N9O6/c19-23-21-11-1-2-13(14(7-11)27(32)33)20-4-6-26-8-12(22-24-26)3-5-25-9-16(29)18(31)17(30)15(25)10-28/h1-2,7-8,15-18,20,28-31H,3-6,9-10H2/t15-,16+,17-,18-/m1/s1. The molecule has 0 spiro atoms. The van der Waals surface area contributed by atoms with Crippen molar-refractivity contribution in [2.45, 2.75) is 37.3 Å². The number of piperidine rings is 1. The zero-order valence-electron chi connectivity index (χ0n) is 17.5. The number of hydrogen-bond donors (Lipinski definition) is 5. The van der Waals surface area contributed by atoms with Gasteiger partial charge in [-0.2, -0.15) is 0 Å². The van der Waals surface area contributed by atoms with Crippen molar-refractivity contribution in [3.05, 3.63) is 50.6 Å². The van der Waals surface area contributed by atoms with E-state index >= 15 is 0 Å². The van der Waals surface area contributed by atoms with Gasteiger partial charge in [0, 0.05) is 48.9 Å². The van der Waals surface area contributed by atoms with E-state index in [4.69, 9.17) is 5.53 Å². The van der Waals surface area contributed by atoms with E-state index in [0.717, 1.165) is 0 Å². The van der Waals surface area contributed by atoms with Crippen molar-refractivity contribution in [3.63, 3.8) is 0 Å². The quantitative estimate of drug-likeness (QED) is 0.100. The predicted molar refractivity (Wildman–Crippen MR) is 115 cm³/mol. The van der Waals surface area contributed by atoms with Gasteiger partial charge in [0.1, 0.15) is 17.9 Å². The van der Waals surface area contributed by atoms with E-state index < -0.39 is 29.3 Å². The summed E-state index contributed by atoms with van der Waals surface area (Å²) < 4.78 is 1.57. The summed E-state index contributed by atoms with van der Waals surface area (Å²) in [6.07, 6.45) is -1.54. The molecule has 2 heterocycles. The van der Waals surface area contributed by atoms with Gasteiger partial charge in [0.25, 0.3) is 5.69 Å². The van der Waals surface area contributed by atoms with Gasteiger partial charge in [-0.3, -0.25) is 19.7 Å². The second-order valence-corrected chi connectivity index (χ2v) is 7.59. The first-order chi connectivity index (χ1) is 15.8. The number of aliphatic hydroxyl groups excluding tert-OH is 4. The van der Waals surface area contributed by atoms with Gasteiger partial charge in [0.15, 0.2) is 0 Å². The zero-order valence-corrected chi connectivity index (χ0v) is 17.5. The molecule has 178 valence electrons. The van der Waals surface area contributed by atoms with E-state index in [2.05, 4.69) is 25.7 Å². The lowest BCUT2D eigenvalue weighted by Crippen LogP contribution is -2.62. The van der Waals surface area contributed by atoms with Gasteiger partial charge < -0.3 is 25.7 Å². The van der Waals surface area contributed by atoms with Crippen LogP contribution in [0.25, 0.3) is 10.4 Å². The number of nitro benzene ring substituents is 1. The van der Waals surface area contributed by atoms with Gasteiger partial charge in [-0.15, -0.1) is 5.10 Å². The molecule has 0 unspecified atom stereocenters. The smallest absolute Gasteiger partial charge is 0.292 e. The Labute approximate surface area is 187 Å². The molecule has 15 heteroatoms. The highest BCUT2D eigenvalue weighted by Gasteiger charge is 2.40. The van der Waals surface area contributed by atoms with E-state index in [0.29, 0.717) is 31.7 Å². The number of nitrogens with zero attached hydrogens (tertiary/aromatic N) is 8. The molecule has 1 saturated heterocycles. The number of likely N-dealkylation sites (tertiary alicyclic amines) is 1. The van der Waals surface area contributed by atoms with Crippen LogP contribution < -0.4 is 5.32 Å². The molecule has 0 radical (unpaired) electrons. The Balaban J connectivity index is 1.53. The average molecular weight is 463 g/mol. The maximum atomic E-state index is 11.3. The van der Waals surface area contributed by atoms with Crippen LogP contribution in [-0.4, -0.2) is 95.8 Å². The molecule has 1 aliphatic heterocycles. The summed E-state index contributed by atoms with van der Waals surface area (Å²) in [6.45, 7) is 0.819. The van der Waals surface area contributed by atoms with Crippen LogP contribution >= 0.6 is 0 Å². The van der Waals surface area contributed by atoms with Crippen molar-refractivity contribution in [1.82, 2.24) is 19.9 Å². The Morgan fingerprint density at radius 3 is 2.79 bits per heavy atom. The van der Waals surface area contributed by atoms with Gasteiger partial charge in [0.05, 0.1) is 35.9 Å². The minimum atomic E-state index is -1.31. The molecule has 0 amide bonds. The van der Waals surface area contributed by atoms with Crippen LogP contribution in [0.5, 0.6) is 0 Å². The third-order valence-electron chi connectivity index (χ3n) is 5.45. The van der Waals surface area contributed by atoms with Gasteiger partial charge in [-0.1, -0.05) is 16.4 Å². The lowest BCUT2D eigenvalue weighted by Gasteiger charge is -2.43. The summed E-state index contributed by atoms with van der Waals surface area (Å²) >= 11 is 0. The molecule has 1 fully saturated rings. The normalized spacial score (nSPS) is 23.2. The lowest BCUT2D eigenvalue weighted by atomic mass is 9.94. The average Bonchev–Trinajstić information content (AvgIpc) is 3.24. The number of anilines is 1. The molecule has 3 rings (SSSR count). The molecule has 1 aromatic heterocycles. The topological polar surface area (TPSA) is 219 Å². The summed E-state index contributed by atoms with van der Waals surface area (Å²) in [5.41, 5.74) is 9.32. The number of aromatic nitrogens is 3. The highest BCUT2D eigenvalue weighted by atomic mass is 16.6. The number of hydrogen-bond acceptors (Lipinski definition) is 11. The van der Waals surface area contributed by atoms with Crippen molar-refractivity contribution in [3.8, 4) is 0 Å². The zero-order chi connectivity index (χ0) is 24.0. The maximum Gasteiger partial charge on any atom is 0.292 e. The summed E-state index contributed by atoms with van der Waals surface area (Å²) in [6, 6.07) is 3.42. The summed E-state index contributed by atoms with van der Waals surface area (Å²) in [5.74, 6) is 0. The van der Waals surface area contributed by atoms with Crippen LogP contribution in [-0.2, 0) is 13.0 Å². The number of aliphatic hydroxyl groups is 4. The fourth-order valence-corrected chi connectivity index (χ4v) is 3.70. The van der Waals surface area contributed by atoms with Gasteiger partial charge in [0.2, 0.25) is 0 Å². The van der Waals surface area contributed by atoms with Gasteiger partial charge in [-0.25, -0.2) is 0 Å². The van der Waals surface area contributed by atoms with Crippen molar-refractivity contribution in [2.24, 2.45) is 5.11 Å². The number of β-amino-alcohol motifs (C(OH)–C–C–N with tert-alkyl or cyclic N) is 1. The second-order valence-electron chi connectivity index (χ2n) is 7.59. The Morgan fingerprint density at radius 2 is 2.09 bits per heavy atom. The minimum Gasteiger partial charge on any atom is -0.395 e. The Hall–Kier alpha value is -3.33. The second kappa shape index (κ2) is 11.0. The molecule has 1 aliphatic rings. The molecule has 5 N–H and O–H groups in total. The molecular weight excluding hydrogens is 438 g/mol. The minimum absolute atomic E-state index is 0.110. The van der Waals surface area contributed by atoms with E-state index in [-0.39, 0.29) is 30.2 Å². The summed E-state index contributed by atoms with van der Waals surface area (Å²) in [5, 5.41) is 64.9. The van der Waals surface area contributed by atoms with Gasteiger partial charge in [-0.05, 0) is 11.6 Å². The van der Waals surface area contributed by atoms with Crippen LogP contribution in [0, 0.1) is 10.1 Å². The fourth-order valence-electron chi connectivity index (χ4n) is 3.70. The van der Waals surface area contributed by atoms with Crippen molar-refractivity contribution in [2.75, 3.05) is 31.6 Å². The highest BCUT2D eigenvalue weighted by Crippen LogP contribution is 2.29. The third-order valence-corrected chi connectivity index (χ3v) is 5.45. The molecule has 0 bridgehead atoms. The molecule has 15 nitrogen and oxygen atoms in total. The van der Waals surface area contributed by atoms with Crippen LogP contribution in [0.15, 0.2) is 29.5 Å². The molecule has 1 aromatic carbocycles. The van der Waals surface area contributed by atoms with E-state index in [1.165, 1.54) is 18.2 Å². The molecular formula is C18H25N9O6. The maximum absolute atomic E-state index is 11.3.